The van der Waals surface area contributed by atoms with Gasteiger partial charge >= 0.3 is 6.01 Å². The molecule has 1 atom stereocenters. The Morgan fingerprint density at radius 1 is 1.05 bits per heavy atom. The van der Waals surface area contributed by atoms with Gasteiger partial charge in [-0.2, -0.15) is 0 Å². The highest BCUT2D eigenvalue weighted by molar-refractivity contribution is 5.36. The first-order valence-corrected chi connectivity index (χ1v) is 7.20. The van der Waals surface area contributed by atoms with Crippen molar-refractivity contribution in [1.29, 1.82) is 0 Å². The Hall–Kier alpha value is -2.73. The predicted octanol–water partition coefficient (Wildman–Crippen LogP) is 2.23. The Morgan fingerprint density at radius 3 is 2.68 bits per heavy atom. The number of ether oxygens (including phenoxy) is 1. The lowest BCUT2D eigenvalue weighted by atomic mass is 9.98. The number of rotatable bonds is 3. The van der Waals surface area contributed by atoms with Crippen LogP contribution >= 0.6 is 0 Å². The minimum Gasteiger partial charge on any atom is -0.424 e. The molecule has 2 aromatic heterocycles. The highest BCUT2D eigenvalue weighted by Gasteiger charge is 2.23. The maximum atomic E-state index is 5.61. The minimum atomic E-state index is 0.122. The van der Waals surface area contributed by atoms with Crippen molar-refractivity contribution < 1.29 is 4.74 Å². The molecule has 1 aliphatic rings. The van der Waals surface area contributed by atoms with Crippen LogP contribution in [-0.4, -0.2) is 26.5 Å². The summed E-state index contributed by atoms with van der Waals surface area (Å²) in [5, 5.41) is 3.50. The van der Waals surface area contributed by atoms with E-state index in [0.29, 0.717) is 11.8 Å². The fourth-order valence-electron chi connectivity index (χ4n) is 2.67. The lowest BCUT2D eigenvalue weighted by Crippen LogP contribution is -2.30. The zero-order valence-corrected chi connectivity index (χ0v) is 11.9. The van der Waals surface area contributed by atoms with E-state index in [-0.39, 0.29) is 6.04 Å². The highest BCUT2D eigenvalue weighted by atomic mass is 16.5. The summed E-state index contributed by atoms with van der Waals surface area (Å²) in [5.74, 6) is 0.716. The molecule has 1 aliphatic heterocycles. The van der Waals surface area contributed by atoms with Gasteiger partial charge in [-0.25, -0.2) is 15.0 Å². The largest absolute Gasteiger partial charge is 0.424 e. The van der Waals surface area contributed by atoms with E-state index in [9.17, 15) is 0 Å². The van der Waals surface area contributed by atoms with Crippen LogP contribution in [0.2, 0.25) is 0 Å². The molecule has 0 radical (unpaired) electrons. The standard InChI is InChI=1S/C16H15N5O/c1-7-18-16(19-8-1)22-12-4-2-11(3-5-12)14-15-13(6-9-17-14)20-10-21-15/h1-5,7-8,10,14,17H,6,9H2,(H,20,21)/t14-/m0/s1. The third-order valence-electron chi connectivity index (χ3n) is 3.71. The zero-order valence-electron chi connectivity index (χ0n) is 11.9. The Morgan fingerprint density at radius 2 is 1.86 bits per heavy atom. The molecule has 110 valence electrons. The lowest BCUT2D eigenvalue weighted by Gasteiger charge is -2.23. The molecule has 0 amide bonds. The Labute approximate surface area is 127 Å². The fraction of sp³-hybridized carbons (Fsp3) is 0.188. The summed E-state index contributed by atoms with van der Waals surface area (Å²) in [4.78, 5) is 15.7. The molecule has 0 fully saturated rings. The van der Waals surface area contributed by atoms with Crippen LogP contribution in [0.4, 0.5) is 0 Å². The van der Waals surface area contributed by atoms with Gasteiger partial charge in [0.15, 0.2) is 0 Å². The number of fused-ring (bicyclic) bond motifs is 1. The zero-order chi connectivity index (χ0) is 14.8. The van der Waals surface area contributed by atoms with Crippen LogP contribution in [-0.2, 0) is 6.42 Å². The van der Waals surface area contributed by atoms with Crippen LogP contribution in [0.5, 0.6) is 11.8 Å². The van der Waals surface area contributed by atoms with Crippen molar-refractivity contribution >= 4 is 0 Å². The molecule has 0 aliphatic carbocycles. The number of hydrogen-bond acceptors (Lipinski definition) is 5. The topological polar surface area (TPSA) is 75.7 Å². The molecule has 4 rings (SSSR count). The van der Waals surface area contributed by atoms with E-state index in [0.717, 1.165) is 24.2 Å². The Balaban J connectivity index is 1.56. The van der Waals surface area contributed by atoms with Gasteiger partial charge in [0.05, 0.1) is 18.1 Å². The van der Waals surface area contributed by atoms with Gasteiger partial charge in [0.25, 0.3) is 0 Å². The number of benzene rings is 1. The molecule has 3 heterocycles. The Kier molecular flexibility index (Phi) is 3.29. The van der Waals surface area contributed by atoms with E-state index in [1.807, 2.05) is 24.3 Å². The number of H-pyrrole nitrogens is 1. The summed E-state index contributed by atoms with van der Waals surface area (Å²) < 4.78 is 5.61. The van der Waals surface area contributed by atoms with Crippen molar-refractivity contribution in [3.05, 3.63) is 66.0 Å². The van der Waals surface area contributed by atoms with E-state index < -0.39 is 0 Å². The highest BCUT2D eigenvalue weighted by Crippen LogP contribution is 2.28. The second-order valence-electron chi connectivity index (χ2n) is 5.11. The summed E-state index contributed by atoms with van der Waals surface area (Å²) in [7, 11) is 0. The average molecular weight is 293 g/mol. The van der Waals surface area contributed by atoms with E-state index in [4.69, 9.17) is 4.74 Å². The number of nitrogens with one attached hydrogen (secondary N) is 2. The van der Waals surface area contributed by atoms with Crippen LogP contribution in [0.1, 0.15) is 23.0 Å². The van der Waals surface area contributed by atoms with Crippen molar-refractivity contribution in [2.24, 2.45) is 0 Å². The molecule has 6 heteroatoms. The minimum absolute atomic E-state index is 0.122. The summed E-state index contributed by atoms with van der Waals surface area (Å²) in [6, 6.07) is 10.2. The number of aromatic nitrogens is 4. The molecular weight excluding hydrogens is 278 g/mol. The van der Waals surface area contributed by atoms with Gasteiger partial charge in [-0.05, 0) is 23.8 Å². The normalized spacial score (nSPS) is 17.0. The smallest absolute Gasteiger partial charge is 0.321 e. The van der Waals surface area contributed by atoms with Crippen molar-refractivity contribution in [1.82, 2.24) is 25.3 Å². The molecule has 0 spiro atoms. The summed E-state index contributed by atoms with van der Waals surface area (Å²) in [6.07, 6.45) is 6.05. The van der Waals surface area contributed by atoms with Crippen LogP contribution < -0.4 is 10.1 Å². The monoisotopic (exact) mass is 293 g/mol. The number of hydrogen-bond donors (Lipinski definition) is 2. The summed E-state index contributed by atoms with van der Waals surface area (Å²) in [5.41, 5.74) is 3.45. The van der Waals surface area contributed by atoms with Crippen molar-refractivity contribution in [2.75, 3.05) is 6.54 Å². The van der Waals surface area contributed by atoms with Crippen molar-refractivity contribution in [3.8, 4) is 11.8 Å². The molecule has 1 aromatic carbocycles. The average Bonchev–Trinajstić information content (AvgIpc) is 3.05. The number of nitrogens with zero attached hydrogens (tertiary/aromatic N) is 3. The summed E-state index contributed by atoms with van der Waals surface area (Å²) in [6.45, 7) is 0.940. The van der Waals surface area contributed by atoms with Crippen molar-refractivity contribution in [3.63, 3.8) is 0 Å². The van der Waals surface area contributed by atoms with E-state index in [1.54, 1.807) is 24.8 Å². The van der Waals surface area contributed by atoms with Crippen molar-refractivity contribution in [2.45, 2.75) is 12.5 Å². The van der Waals surface area contributed by atoms with Gasteiger partial charge in [0.1, 0.15) is 5.75 Å². The molecule has 2 N–H and O–H groups in total. The predicted molar refractivity (Wildman–Crippen MR) is 80.7 cm³/mol. The maximum Gasteiger partial charge on any atom is 0.321 e. The fourth-order valence-corrected chi connectivity index (χ4v) is 2.67. The first-order chi connectivity index (χ1) is 10.9. The molecule has 0 saturated heterocycles. The third kappa shape index (κ3) is 2.44. The lowest BCUT2D eigenvalue weighted by molar-refractivity contribution is 0.441. The van der Waals surface area contributed by atoms with Crippen LogP contribution in [0.3, 0.4) is 0 Å². The molecule has 0 bridgehead atoms. The first kappa shape index (κ1) is 13.0. The van der Waals surface area contributed by atoms with Gasteiger partial charge in [-0.15, -0.1) is 0 Å². The van der Waals surface area contributed by atoms with Gasteiger partial charge in [-0.1, -0.05) is 12.1 Å². The van der Waals surface area contributed by atoms with Gasteiger partial charge in [0, 0.05) is 31.1 Å². The molecule has 0 saturated carbocycles. The van der Waals surface area contributed by atoms with Gasteiger partial charge in [0.2, 0.25) is 0 Å². The molecule has 3 aromatic rings. The molecule has 6 nitrogen and oxygen atoms in total. The molecular formula is C16H15N5O. The summed E-state index contributed by atoms with van der Waals surface area (Å²) >= 11 is 0. The quantitative estimate of drug-likeness (QED) is 0.774. The SMILES string of the molecule is c1cnc(Oc2ccc([C@@H]3NCCc4[nH]cnc43)cc2)nc1. The second kappa shape index (κ2) is 5.57. The van der Waals surface area contributed by atoms with E-state index >= 15 is 0 Å². The first-order valence-electron chi connectivity index (χ1n) is 7.20. The molecule has 22 heavy (non-hydrogen) atoms. The third-order valence-corrected chi connectivity index (χ3v) is 3.71. The Bertz CT molecular complexity index is 754. The van der Waals surface area contributed by atoms with Gasteiger partial charge < -0.3 is 15.0 Å². The van der Waals surface area contributed by atoms with Crippen LogP contribution in [0.15, 0.2) is 49.1 Å². The van der Waals surface area contributed by atoms with Gasteiger partial charge in [-0.3, -0.25) is 0 Å². The number of imidazole rings is 1. The van der Waals surface area contributed by atoms with E-state index in [1.165, 1.54) is 5.69 Å². The maximum absolute atomic E-state index is 5.61. The molecule has 0 unspecified atom stereocenters. The second-order valence-corrected chi connectivity index (χ2v) is 5.11. The van der Waals surface area contributed by atoms with Crippen LogP contribution in [0.25, 0.3) is 0 Å². The van der Waals surface area contributed by atoms with E-state index in [2.05, 4.69) is 25.3 Å². The van der Waals surface area contributed by atoms with Crippen LogP contribution in [0, 0.1) is 0 Å². The number of aromatic amines is 1.